The molecule has 0 saturated heterocycles. The highest BCUT2D eigenvalue weighted by molar-refractivity contribution is 6.15. The van der Waals surface area contributed by atoms with Crippen molar-refractivity contribution in [2.45, 2.75) is 20.3 Å². The molecule has 132 valence electrons. The van der Waals surface area contributed by atoms with Crippen LogP contribution in [0.4, 0.5) is 0 Å². The molecule has 1 N–H and O–H groups in total. The Kier molecular flexibility index (Phi) is 5.14. The molecular formula is C22H22N2O2. The molecule has 0 amide bonds. The van der Waals surface area contributed by atoms with Crippen molar-refractivity contribution >= 4 is 38.2 Å². The second-order valence-corrected chi connectivity index (χ2v) is 5.98. The maximum absolute atomic E-state index is 12.9. The lowest BCUT2D eigenvalue weighted by Crippen LogP contribution is -2.13. The van der Waals surface area contributed by atoms with Crippen molar-refractivity contribution in [3.8, 4) is 0 Å². The first-order chi connectivity index (χ1) is 12.8. The van der Waals surface area contributed by atoms with Gasteiger partial charge in [-0.15, -0.1) is 0 Å². The lowest BCUT2D eigenvalue weighted by molar-refractivity contribution is 0.399. The van der Waals surface area contributed by atoms with E-state index in [1.165, 1.54) is 6.42 Å². The van der Waals surface area contributed by atoms with Gasteiger partial charge in [0, 0.05) is 23.3 Å². The summed E-state index contributed by atoms with van der Waals surface area (Å²) in [6.07, 6.45) is 1.25. The van der Waals surface area contributed by atoms with E-state index in [1.807, 2.05) is 60.7 Å². The van der Waals surface area contributed by atoms with E-state index in [0.29, 0.717) is 0 Å². The highest BCUT2D eigenvalue weighted by Gasteiger charge is 2.14. The summed E-state index contributed by atoms with van der Waals surface area (Å²) < 4.78 is 1.73. The first kappa shape index (κ1) is 17.8. The Hall–Kier alpha value is -2.98. The molecule has 5 rings (SSSR count). The quantitative estimate of drug-likeness (QED) is 0.445. The third-order valence-corrected chi connectivity index (χ3v) is 4.14. The Bertz CT molecular complexity index is 1220. The van der Waals surface area contributed by atoms with Gasteiger partial charge in [-0.05, 0) is 23.6 Å². The van der Waals surface area contributed by atoms with Crippen LogP contribution in [-0.2, 0) is 0 Å². The Labute approximate surface area is 151 Å². The molecule has 0 atom stereocenters. The van der Waals surface area contributed by atoms with E-state index in [1.54, 1.807) is 4.40 Å². The number of hydrogen-bond donors (Lipinski definition) is 1. The zero-order chi connectivity index (χ0) is 18.7. The summed E-state index contributed by atoms with van der Waals surface area (Å²) in [4.78, 5) is 17.6. The molecule has 3 aromatic carbocycles. The summed E-state index contributed by atoms with van der Waals surface area (Å²) in [5.74, 6) is 0. The van der Waals surface area contributed by atoms with Crippen LogP contribution in [0.3, 0.4) is 0 Å². The minimum Gasteiger partial charge on any atom is -0.400 e. The third kappa shape index (κ3) is 2.68. The molecule has 26 heavy (non-hydrogen) atoms. The number of aliphatic hydroxyl groups is 1. The van der Waals surface area contributed by atoms with Crippen LogP contribution in [0, 0.1) is 0 Å². The number of fused-ring (bicyclic) bond motifs is 4. The molecule has 4 heteroatoms. The van der Waals surface area contributed by atoms with Crippen LogP contribution in [0.25, 0.3) is 38.2 Å². The third-order valence-electron chi connectivity index (χ3n) is 4.14. The smallest absolute Gasteiger partial charge is 0.264 e. The number of aliphatic hydroxyl groups excluding tert-OH is 1. The summed E-state index contributed by atoms with van der Waals surface area (Å²) in [5.41, 5.74) is 2.46. The van der Waals surface area contributed by atoms with Gasteiger partial charge in [-0.3, -0.25) is 9.20 Å². The van der Waals surface area contributed by atoms with E-state index in [2.05, 4.69) is 18.8 Å². The van der Waals surface area contributed by atoms with Crippen molar-refractivity contribution in [1.82, 2.24) is 9.38 Å². The lowest BCUT2D eigenvalue weighted by atomic mass is 10.0. The number of para-hydroxylation sites is 2. The zero-order valence-electron chi connectivity index (χ0n) is 15.2. The molecule has 0 aliphatic carbocycles. The molecule has 0 radical (unpaired) electrons. The summed E-state index contributed by atoms with van der Waals surface area (Å²) in [6.45, 7) is 4.25. The van der Waals surface area contributed by atoms with Gasteiger partial charge in [0.1, 0.15) is 5.65 Å². The van der Waals surface area contributed by atoms with Crippen molar-refractivity contribution in [3.05, 3.63) is 71.0 Å². The number of nitrogens with zero attached hydrogens (tertiary/aromatic N) is 2. The Balaban J connectivity index is 0.000000359. The number of rotatable bonds is 0. The Morgan fingerprint density at radius 3 is 2.19 bits per heavy atom. The van der Waals surface area contributed by atoms with E-state index in [-0.39, 0.29) is 5.56 Å². The van der Waals surface area contributed by atoms with Gasteiger partial charge in [-0.25, -0.2) is 4.98 Å². The maximum Gasteiger partial charge on any atom is 0.264 e. The van der Waals surface area contributed by atoms with Gasteiger partial charge in [0.15, 0.2) is 0 Å². The highest BCUT2D eigenvalue weighted by Crippen LogP contribution is 2.29. The van der Waals surface area contributed by atoms with Crippen molar-refractivity contribution in [3.63, 3.8) is 0 Å². The molecule has 0 saturated carbocycles. The van der Waals surface area contributed by atoms with Gasteiger partial charge in [-0.1, -0.05) is 62.7 Å². The summed E-state index contributed by atoms with van der Waals surface area (Å²) in [5, 5.41) is 10.9. The van der Waals surface area contributed by atoms with Crippen molar-refractivity contribution < 1.29 is 5.11 Å². The van der Waals surface area contributed by atoms with Crippen LogP contribution in [0.15, 0.2) is 65.5 Å². The SMILES string of the molecule is CCC.CO.O=c1c2cccc3cccc(c32)c2nc3ccccc3n12. The molecule has 0 unspecified atom stereocenters. The molecule has 0 fully saturated rings. The Morgan fingerprint density at radius 2 is 1.50 bits per heavy atom. The van der Waals surface area contributed by atoms with Gasteiger partial charge in [0.2, 0.25) is 0 Å². The number of imidazole rings is 1. The molecule has 5 aromatic rings. The molecule has 0 spiro atoms. The van der Waals surface area contributed by atoms with E-state index in [0.717, 1.165) is 45.3 Å². The van der Waals surface area contributed by atoms with Gasteiger partial charge < -0.3 is 5.11 Å². The predicted molar refractivity (Wildman–Crippen MR) is 109 cm³/mol. The molecule has 4 nitrogen and oxygen atoms in total. The Morgan fingerprint density at radius 1 is 0.885 bits per heavy atom. The van der Waals surface area contributed by atoms with Crippen molar-refractivity contribution in [2.24, 2.45) is 0 Å². The first-order valence-electron chi connectivity index (χ1n) is 8.75. The van der Waals surface area contributed by atoms with Crippen LogP contribution >= 0.6 is 0 Å². The van der Waals surface area contributed by atoms with Crippen LogP contribution < -0.4 is 5.56 Å². The van der Waals surface area contributed by atoms with E-state index < -0.39 is 0 Å². The lowest BCUT2D eigenvalue weighted by Gasteiger charge is -2.06. The van der Waals surface area contributed by atoms with Crippen LogP contribution in [0.2, 0.25) is 0 Å². The van der Waals surface area contributed by atoms with Gasteiger partial charge in [0.25, 0.3) is 5.56 Å². The molecule has 0 aliphatic rings. The standard InChI is InChI=1S/C18H10N2O.C3H8.CH4O/c21-18-13-8-4-6-11-5-3-7-12(16(11)13)17-19-14-9-1-2-10-15(14)20(17)18;1-3-2;1-2/h1-10H;3H2,1-2H3;2H,1H3. The second-order valence-electron chi connectivity index (χ2n) is 5.98. The van der Waals surface area contributed by atoms with Crippen LogP contribution in [0.1, 0.15) is 20.3 Å². The normalized spacial score (nSPS) is 10.6. The largest absolute Gasteiger partial charge is 0.400 e. The van der Waals surface area contributed by atoms with Gasteiger partial charge in [-0.2, -0.15) is 0 Å². The molecule has 0 aliphatic heterocycles. The number of aromatic nitrogens is 2. The minimum atomic E-state index is 0.00278. The van der Waals surface area contributed by atoms with Crippen molar-refractivity contribution in [1.29, 1.82) is 0 Å². The molecule has 0 bridgehead atoms. The second kappa shape index (κ2) is 7.50. The van der Waals surface area contributed by atoms with Crippen LogP contribution in [-0.4, -0.2) is 21.6 Å². The first-order valence-corrected chi connectivity index (χ1v) is 8.75. The summed E-state index contributed by atoms with van der Waals surface area (Å²) in [6, 6.07) is 19.7. The average molecular weight is 346 g/mol. The summed E-state index contributed by atoms with van der Waals surface area (Å²) >= 11 is 0. The van der Waals surface area contributed by atoms with E-state index in [9.17, 15) is 4.79 Å². The molecule has 2 heterocycles. The van der Waals surface area contributed by atoms with Gasteiger partial charge in [0.05, 0.1) is 11.0 Å². The topological polar surface area (TPSA) is 54.6 Å². The summed E-state index contributed by atoms with van der Waals surface area (Å²) in [7, 11) is 1.00. The van der Waals surface area contributed by atoms with E-state index in [4.69, 9.17) is 5.11 Å². The average Bonchev–Trinajstić information content (AvgIpc) is 3.08. The van der Waals surface area contributed by atoms with Crippen LogP contribution in [0.5, 0.6) is 0 Å². The predicted octanol–water partition coefficient (Wildman–Crippen LogP) is 4.62. The zero-order valence-corrected chi connectivity index (χ0v) is 15.2. The number of hydrogen-bond acceptors (Lipinski definition) is 3. The fraction of sp³-hybridized carbons (Fsp3) is 0.182. The maximum atomic E-state index is 12.9. The fourth-order valence-electron chi connectivity index (χ4n) is 3.24. The van der Waals surface area contributed by atoms with E-state index >= 15 is 0 Å². The molecular weight excluding hydrogens is 324 g/mol. The van der Waals surface area contributed by atoms with Crippen molar-refractivity contribution in [2.75, 3.05) is 7.11 Å². The fourth-order valence-corrected chi connectivity index (χ4v) is 3.24. The number of pyridine rings is 1. The number of benzene rings is 3. The monoisotopic (exact) mass is 346 g/mol. The molecule has 2 aromatic heterocycles. The highest BCUT2D eigenvalue weighted by atomic mass is 16.2. The minimum absolute atomic E-state index is 0.00278. The van der Waals surface area contributed by atoms with Gasteiger partial charge >= 0.3 is 0 Å².